The van der Waals surface area contributed by atoms with Crippen LogP contribution >= 0.6 is 0 Å². The number of likely N-dealkylation sites (tertiary alicyclic amines) is 1. The van der Waals surface area contributed by atoms with Crippen LogP contribution in [0.25, 0.3) is 0 Å². The van der Waals surface area contributed by atoms with Crippen molar-refractivity contribution in [2.45, 2.75) is 18.9 Å². The third-order valence-electron chi connectivity index (χ3n) is 3.86. The summed E-state index contributed by atoms with van der Waals surface area (Å²) in [6.45, 7) is 0.640. The average molecular weight is 301 g/mol. The van der Waals surface area contributed by atoms with Gasteiger partial charge in [0.25, 0.3) is 5.91 Å². The maximum absolute atomic E-state index is 13.8. The number of carbonyl (C=O) groups excluding carboxylic acids is 1. The minimum atomic E-state index is -0.536. The summed E-state index contributed by atoms with van der Waals surface area (Å²) in [7, 11) is 1.39. The van der Waals surface area contributed by atoms with E-state index in [0.29, 0.717) is 12.1 Å². The number of nitrogens with zero attached hydrogens (tertiary/aromatic N) is 3. The maximum Gasteiger partial charge on any atom is 0.254 e. The number of halogens is 1. The van der Waals surface area contributed by atoms with E-state index in [1.807, 2.05) is 6.07 Å². The molecule has 0 N–H and O–H groups in total. The predicted molar refractivity (Wildman–Crippen MR) is 78.0 cm³/mol. The fraction of sp³-hybridized carbons (Fsp3) is 0.312. The lowest BCUT2D eigenvalue weighted by Crippen LogP contribution is -2.31. The van der Waals surface area contributed by atoms with E-state index in [9.17, 15) is 9.18 Å². The van der Waals surface area contributed by atoms with Crippen molar-refractivity contribution >= 4 is 5.91 Å². The highest BCUT2D eigenvalue weighted by Crippen LogP contribution is 2.32. The largest absolute Gasteiger partial charge is 0.494 e. The number of rotatable bonds is 3. The van der Waals surface area contributed by atoms with Gasteiger partial charge in [0.15, 0.2) is 11.6 Å². The molecule has 0 unspecified atom stereocenters. The molecule has 0 spiro atoms. The van der Waals surface area contributed by atoms with Crippen LogP contribution in [0.1, 0.15) is 34.9 Å². The van der Waals surface area contributed by atoms with Crippen molar-refractivity contribution in [2.75, 3.05) is 13.7 Å². The number of aromatic nitrogens is 2. The number of methoxy groups -OCH3 is 1. The molecule has 1 aromatic heterocycles. The molecule has 3 rings (SSSR count). The van der Waals surface area contributed by atoms with E-state index in [-0.39, 0.29) is 17.7 Å². The van der Waals surface area contributed by atoms with E-state index in [1.165, 1.54) is 25.6 Å². The molecule has 1 aliphatic heterocycles. The van der Waals surface area contributed by atoms with E-state index in [0.717, 1.165) is 18.5 Å². The third-order valence-corrected chi connectivity index (χ3v) is 3.86. The first kappa shape index (κ1) is 14.4. The zero-order valence-electron chi connectivity index (χ0n) is 12.2. The lowest BCUT2D eigenvalue weighted by Gasteiger charge is -2.24. The van der Waals surface area contributed by atoms with Gasteiger partial charge in [0.05, 0.1) is 18.8 Å². The van der Waals surface area contributed by atoms with Crippen molar-refractivity contribution in [1.29, 1.82) is 0 Å². The summed E-state index contributed by atoms with van der Waals surface area (Å²) < 4.78 is 18.7. The Morgan fingerprint density at radius 3 is 2.95 bits per heavy atom. The Morgan fingerprint density at radius 2 is 2.27 bits per heavy atom. The Kier molecular flexibility index (Phi) is 4.00. The van der Waals surface area contributed by atoms with Crippen LogP contribution in [-0.2, 0) is 0 Å². The number of amides is 1. The average Bonchev–Trinajstić information content (AvgIpc) is 3.04. The van der Waals surface area contributed by atoms with E-state index >= 15 is 0 Å². The van der Waals surface area contributed by atoms with Crippen molar-refractivity contribution in [3.8, 4) is 5.75 Å². The van der Waals surface area contributed by atoms with E-state index in [1.54, 1.807) is 17.2 Å². The van der Waals surface area contributed by atoms with Crippen molar-refractivity contribution in [3.63, 3.8) is 0 Å². The summed E-state index contributed by atoms with van der Waals surface area (Å²) in [5.74, 6) is -0.598. The Morgan fingerprint density at radius 1 is 1.41 bits per heavy atom. The quantitative estimate of drug-likeness (QED) is 0.874. The molecule has 2 heterocycles. The van der Waals surface area contributed by atoms with Gasteiger partial charge in [0.2, 0.25) is 0 Å². The van der Waals surface area contributed by atoms with Crippen LogP contribution in [-0.4, -0.2) is 34.4 Å². The second-order valence-electron chi connectivity index (χ2n) is 5.14. The molecule has 0 radical (unpaired) electrons. The number of hydrogen-bond donors (Lipinski definition) is 0. The second-order valence-corrected chi connectivity index (χ2v) is 5.14. The first-order valence-electron chi connectivity index (χ1n) is 7.11. The molecule has 5 nitrogen and oxygen atoms in total. The minimum absolute atomic E-state index is 0.0827. The van der Waals surface area contributed by atoms with Crippen molar-refractivity contribution in [2.24, 2.45) is 0 Å². The highest BCUT2D eigenvalue weighted by atomic mass is 19.1. The van der Waals surface area contributed by atoms with E-state index < -0.39 is 5.82 Å². The Hall–Kier alpha value is -2.50. The van der Waals surface area contributed by atoms with Gasteiger partial charge in [-0.05, 0) is 37.1 Å². The lowest BCUT2D eigenvalue weighted by atomic mass is 10.1. The van der Waals surface area contributed by atoms with E-state index in [4.69, 9.17) is 4.74 Å². The maximum atomic E-state index is 13.8. The minimum Gasteiger partial charge on any atom is -0.494 e. The molecule has 1 aliphatic rings. The molecule has 1 fully saturated rings. The highest BCUT2D eigenvalue weighted by Gasteiger charge is 2.31. The normalized spacial score (nSPS) is 17.5. The smallest absolute Gasteiger partial charge is 0.254 e. The summed E-state index contributed by atoms with van der Waals surface area (Å²) in [5.41, 5.74) is 1.13. The van der Waals surface area contributed by atoms with Gasteiger partial charge >= 0.3 is 0 Å². The molecule has 0 aliphatic carbocycles. The molecule has 1 amide bonds. The van der Waals surface area contributed by atoms with Gasteiger partial charge in [-0.25, -0.2) is 14.4 Å². The summed E-state index contributed by atoms with van der Waals surface area (Å²) in [5, 5.41) is 0. The summed E-state index contributed by atoms with van der Waals surface area (Å²) in [6.07, 6.45) is 4.89. The number of carbonyl (C=O) groups is 1. The zero-order chi connectivity index (χ0) is 15.5. The van der Waals surface area contributed by atoms with Gasteiger partial charge < -0.3 is 9.64 Å². The third kappa shape index (κ3) is 2.64. The van der Waals surface area contributed by atoms with Gasteiger partial charge in [-0.1, -0.05) is 0 Å². The van der Waals surface area contributed by atoms with Crippen molar-refractivity contribution < 1.29 is 13.9 Å². The molecule has 6 heteroatoms. The lowest BCUT2D eigenvalue weighted by molar-refractivity contribution is 0.0732. The first-order valence-corrected chi connectivity index (χ1v) is 7.11. The van der Waals surface area contributed by atoms with E-state index in [2.05, 4.69) is 9.97 Å². The van der Waals surface area contributed by atoms with Crippen LogP contribution in [0.3, 0.4) is 0 Å². The number of ether oxygens (including phenoxy) is 1. The number of hydrogen-bond acceptors (Lipinski definition) is 4. The molecule has 22 heavy (non-hydrogen) atoms. The standard InChI is InChI=1S/C16H16FN3O2/c1-22-15-5-4-11(9-12(15)17)16(21)20-8-2-3-14(20)13-6-7-18-10-19-13/h4-7,9-10,14H,2-3,8H2,1H3/t14-/m0/s1. The second kappa shape index (κ2) is 6.09. The van der Waals surface area contributed by atoms with Crippen LogP contribution < -0.4 is 4.74 Å². The van der Waals surface area contributed by atoms with Gasteiger partial charge in [0, 0.05) is 18.3 Å². The summed E-state index contributed by atoms with van der Waals surface area (Å²) in [6, 6.07) is 6.00. The van der Waals surface area contributed by atoms with Gasteiger partial charge in [-0.2, -0.15) is 0 Å². The SMILES string of the molecule is COc1ccc(C(=O)N2CCC[C@H]2c2ccncn2)cc1F. The zero-order valence-corrected chi connectivity index (χ0v) is 12.2. The van der Waals surface area contributed by atoms with Gasteiger partial charge in [-0.15, -0.1) is 0 Å². The van der Waals surface area contributed by atoms with Crippen LogP contribution in [0.15, 0.2) is 36.8 Å². The molecule has 1 saturated heterocycles. The Labute approximate surface area is 127 Å². The Balaban J connectivity index is 1.86. The predicted octanol–water partition coefficient (Wildman–Crippen LogP) is 2.60. The topological polar surface area (TPSA) is 55.3 Å². The monoisotopic (exact) mass is 301 g/mol. The van der Waals surface area contributed by atoms with Crippen LogP contribution in [0.5, 0.6) is 5.75 Å². The fourth-order valence-corrected chi connectivity index (χ4v) is 2.78. The van der Waals surface area contributed by atoms with Crippen LogP contribution in [0.2, 0.25) is 0 Å². The molecular formula is C16H16FN3O2. The van der Waals surface area contributed by atoms with Gasteiger partial charge in [0.1, 0.15) is 6.33 Å². The number of benzene rings is 1. The Bertz CT molecular complexity index is 678. The molecular weight excluding hydrogens is 285 g/mol. The highest BCUT2D eigenvalue weighted by molar-refractivity contribution is 5.94. The van der Waals surface area contributed by atoms with Crippen LogP contribution in [0, 0.1) is 5.82 Å². The molecule has 0 saturated carbocycles. The summed E-state index contributed by atoms with van der Waals surface area (Å²) >= 11 is 0. The van der Waals surface area contributed by atoms with Crippen molar-refractivity contribution in [1.82, 2.24) is 14.9 Å². The van der Waals surface area contributed by atoms with Crippen molar-refractivity contribution in [3.05, 3.63) is 53.9 Å². The first-order chi connectivity index (χ1) is 10.7. The fourth-order valence-electron chi connectivity index (χ4n) is 2.78. The summed E-state index contributed by atoms with van der Waals surface area (Å²) in [4.78, 5) is 22.5. The molecule has 1 atom stereocenters. The van der Waals surface area contributed by atoms with Gasteiger partial charge in [-0.3, -0.25) is 4.79 Å². The molecule has 1 aromatic carbocycles. The molecule has 114 valence electrons. The van der Waals surface area contributed by atoms with Crippen LogP contribution in [0.4, 0.5) is 4.39 Å². The molecule has 0 bridgehead atoms. The molecule has 2 aromatic rings.